The molecular weight excluding hydrogens is 210 g/mol. The summed E-state index contributed by atoms with van der Waals surface area (Å²) >= 11 is 5.92. The van der Waals surface area contributed by atoms with Crippen LogP contribution < -0.4 is 0 Å². The molecule has 2 rings (SSSR count). The Hall–Kier alpha value is -1.15. The topological polar surface area (TPSA) is 29.4 Å². The summed E-state index contributed by atoms with van der Waals surface area (Å²) in [5.41, 5.74) is 1.06. The molecule has 0 bridgehead atoms. The Balaban J connectivity index is 2.31. The van der Waals surface area contributed by atoms with Gasteiger partial charge < -0.3 is 4.79 Å². The van der Waals surface area contributed by atoms with Crippen LogP contribution in [0.4, 0.5) is 0 Å². The zero-order valence-electron chi connectivity index (χ0n) is 8.43. The Bertz CT molecular complexity index is 402. The number of halogens is 1. The van der Waals surface area contributed by atoms with Crippen LogP contribution in [0.2, 0.25) is 5.02 Å². The highest BCUT2D eigenvalue weighted by Crippen LogP contribution is 2.31. The number of benzene rings is 1. The molecule has 0 aromatic heterocycles. The maximum atomic E-state index is 11.0. The average Bonchev–Trinajstić information content (AvgIpc) is 2.59. The van der Waals surface area contributed by atoms with Gasteiger partial charge in [-0.25, -0.2) is 0 Å². The first-order valence-corrected chi connectivity index (χ1v) is 5.34. The summed E-state index contributed by atoms with van der Waals surface area (Å²) in [6, 6.07) is 7.68. The van der Waals surface area contributed by atoms with Crippen molar-refractivity contribution in [2.75, 3.05) is 0 Å². The van der Waals surface area contributed by atoms with Crippen LogP contribution in [0.5, 0.6) is 0 Å². The van der Waals surface area contributed by atoms with Gasteiger partial charge >= 0.3 is 0 Å². The van der Waals surface area contributed by atoms with E-state index in [1.807, 2.05) is 37.4 Å². The molecule has 3 unspecified atom stereocenters. The summed E-state index contributed by atoms with van der Waals surface area (Å²) < 4.78 is 0. The van der Waals surface area contributed by atoms with Crippen LogP contribution in [-0.2, 0) is 4.79 Å². The second kappa shape index (κ2) is 4.15. The lowest BCUT2D eigenvalue weighted by Crippen LogP contribution is -2.18. The van der Waals surface area contributed by atoms with Gasteiger partial charge in [0, 0.05) is 23.1 Å². The molecule has 3 atom stereocenters. The highest BCUT2D eigenvalue weighted by atomic mass is 35.5. The molecule has 15 heavy (non-hydrogen) atoms. The molecule has 1 aliphatic heterocycles. The van der Waals surface area contributed by atoms with Crippen LogP contribution in [0.25, 0.3) is 0 Å². The Morgan fingerprint density at radius 2 is 2.27 bits per heavy atom. The lowest BCUT2D eigenvalue weighted by atomic mass is 9.86. The predicted molar refractivity (Wildman–Crippen MR) is 61.7 cm³/mol. The Kier molecular flexibility index (Phi) is 2.87. The first-order chi connectivity index (χ1) is 7.22. The number of carbonyl (C=O) groups excluding carboxylic acids is 1. The molecule has 0 fully saturated rings. The number of aliphatic imine (C=N–C) groups is 1. The molecule has 0 spiro atoms. The van der Waals surface area contributed by atoms with Crippen molar-refractivity contribution in [1.82, 2.24) is 0 Å². The number of nitrogens with zero attached hydrogens (tertiary/aromatic N) is 1. The largest absolute Gasteiger partial charge is 0.303 e. The first-order valence-electron chi connectivity index (χ1n) is 4.96. The van der Waals surface area contributed by atoms with Gasteiger partial charge in [-0.3, -0.25) is 4.99 Å². The van der Waals surface area contributed by atoms with E-state index in [-0.39, 0.29) is 17.9 Å². The second-order valence-electron chi connectivity index (χ2n) is 3.83. The number of hydrogen-bond acceptors (Lipinski definition) is 2. The average molecular weight is 222 g/mol. The smallest absolute Gasteiger partial charge is 0.126 e. The Labute approximate surface area is 94.0 Å². The van der Waals surface area contributed by atoms with Gasteiger partial charge in [0.25, 0.3) is 0 Å². The fraction of sp³-hybridized carbons (Fsp3) is 0.333. The van der Waals surface area contributed by atoms with E-state index >= 15 is 0 Å². The minimum Gasteiger partial charge on any atom is -0.303 e. The molecule has 0 radical (unpaired) electrons. The maximum Gasteiger partial charge on any atom is 0.126 e. The van der Waals surface area contributed by atoms with Gasteiger partial charge in [-0.15, -0.1) is 0 Å². The van der Waals surface area contributed by atoms with Crippen molar-refractivity contribution in [2.45, 2.75) is 18.9 Å². The summed E-state index contributed by atoms with van der Waals surface area (Å²) in [6.45, 7) is 1.96. The van der Waals surface area contributed by atoms with Gasteiger partial charge in [0.1, 0.15) is 6.29 Å². The van der Waals surface area contributed by atoms with E-state index in [4.69, 9.17) is 11.6 Å². The van der Waals surface area contributed by atoms with Crippen molar-refractivity contribution in [3.8, 4) is 0 Å². The summed E-state index contributed by atoms with van der Waals surface area (Å²) in [4.78, 5) is 15.2. The molecule has 0 saturated carbocycles. The van der Waals surface area contributed by atoms with E-state index in [0.29, 0.717) is 5.02 Å². The van der Waals surface area contributed by atoms with Gasteiger partial charge in [-0.1, -0.05) is 23.7 Å². The predicted octanol–water partition coefficient (Wildman–Crippen LogP) is 2.71. The van der Waals surface area contributed by atoms with Crippen LogP contribution in [-0.4, -0.2) is 18.5 Å². The zero-order chi connectivity index (χ0) is 10.8. The lowest BCUT2D eigenvalue weighted by molar-refractivity contribution is -0.111. The standard InChI is InChI=1S/C12H12ClNO/c1-8-12(7-15)11(6-14-8)9-3-2-4-10(13)5-9/h2-8,11-12H,1H3. The van der Waals surface area contributed by atoms with Crippen LogP contribution in [0.1, 0.15) is 18.4 Å². The van der Waals surface area contributed by atoms with Gasteiger partial charge in [0.05, 0.1) is 6.04 Å². The van der Waals surface area contributed by atoms with Crippen LogP contribution in [0.3, 0.4) is 0 Å². The fourth-order valence-electron chi connectivity index (χ4n) is 1.95. The molecule has 1 aliphatic rings. The van der Waals surface area contributed by atoms with E-state index in [1.54, 1.807) is 0 Å². The van der Waals surface area contributed by atoms with Crippen molar-refractivity contribution in [2.24, 2.45) is 10.9 Å². The molecule has 3 heteroatoms. The van der Waals surface area contributed by atoms with Crippen molar-refractivity contribution in [3.05, 3.63) is 34.9 Å². The van der Waals surface area contributed by atoms with Crippen molar-refractivity contribution < 1.29 is 4.79 Å². The van der Waals surface area contributed by atoms with Crippen LogP contribution in [0, 0.1) is 5.92 Å². The van der Waals surface area contributed by atoms with Crippen LogP contribution in [0.15, 0.2) is 29.3 Å². The minimum absolute atomic E-state index is 0.0523. The second-order valence-corrected chi connectivity index (χ2v) is 4.27. The molecular formula is C12H12ClNO. The van der Waals surface area contributed by atoms with Crippen molar-refractivity contribution in [1.29, 1.82) is 0 Å². The maximum absolute atomic E-state index is 11.0. The third-order valence-electron chi connectivity index (χ3n) is 2.84. The van der Waals surface area contributed by atoms with Crippen molar-refractivity contribution >= 4 is 24.1 Å². The lowest BCUT2D eigenvalue weighted by Gasteiger charge is -2.15. The van der Waals surface area contributed by atoms with Gasteiger partial charge in [0.2, 0.25) is 0 Å². The molecule has 0 N–H and O–H groups in total. The monoisotopic (exact) mass is 221 g/mol. The molecule has 2 nitrogen and oxygen atoms in total. The third kappa shape index (κ3) is 1.95. The quantitative estimate of drug-likeness (QED) is 0.706. The summed E-state index contributed by atoms with van der Waals surface area (Å²) in [5.74, 6) is 0.0275. The minimum atomic E-state index is -0.0523. The molecule has 1 heterocycles. The van der Waals surface area contributed by atoms with E-state index in [0.717, 1.165) is 11.8 Å². The highest BCUT2D eigenvalue weighted by molar-refractivity contribution is 6.30. The summed E-state index contributed by atoms with van der Waals surface area (Å²) in [7, 11) is 0. The molecule has 0 saturated heterocycles. The summed E-state index contributed by atoms with van der Waals surface area (Å²) in [5, 5.41) is 0.699. The Morgan fingerprint density at radius 3 is 2.93 bits per heavy atom. The Morgan fingerprint density at radius 1 is 1.47 bits per heavy atom. The van der Waals surface area contributed by atoms with Gasteiger partial charge in [-0.05, 0) is 24.6 Å². The van der Waals surface area contributed by atoms with E-state index in [9.17, 15) is 4.79 Å². The van der Waals surface area contributed by atoms with Gasteiger partial charge in [0.15, 0.2) is 0 Å². The van der Waals surface area contributed by atoms with E-state index in [1.165, 1.54) is 0 Å². The van der Waals surface area contributed by atoms with Gasteiger partial charge in [-0.2, -0.15) is 0 Å². The van der Waals surface area contributed by atoms with E-state index < -0.39 is 0 Å². The fourth-order valence-corrected chi connectivity index (χ4v) is 2.15. The van der Waals surface area contributed by atoms with Crippen molar-refractivity contribution in [3.63, 3.8) is 0 Å². The third-order valence-corrected chi connectivity index (χ3v) is 3.08. The first kappa shape index (κ1) is 10.4. The molecule has 0 amide bonds. The molecule has 1 aromatic carbocycles. The number of aldehydes is 1. The molecule has 0 aliphatic carbocycles. The van der Waals surface area contributed by atoms with E-state index in [2.05, 4.69) is 4.99 Å². The molecule has 1 aromatic rings. The normalized spacial score (nSPS) is 29.3. The molecule has 78 valence electrons. The zero-order valence-corrected chi connectivity index (χ0v) is 9.19. The highest BCUT2D eigenvalue weighted by Gasteiger charge is 2.30. The van der Waals surface area contributed by atoms with Crippen LogP contribution >= 0.6 is 11.6 Å². The number of hydrogen-bond donors (Lipinski definition) is 0. The SMILES string of the molecule is CC1N=CC(c2cccc(Cl)c2)C1C=O. The summed E-state index contributed by atoms with van der Waals surface area (Å²) in [6.07, 6.45) is 2.85. The number of carbonyl (C=O) groups is 1. The number of rotatable bonds is 2.